The van der Waals surface area contributed by atoms with Gasteiger partial charge in [0.2, 0.25) is 0 Å². The standard InChI is InChI=1S/C9H15N3OS/c1-6-5-10-8(14-6)7(2)11-9(13)12(3)4/h5,7H,1-4H3,(H,11,13). The molecule has 0 spiro atoms. The van der Waals surface area contributed by atoms with Gasteiger partial charge < -0.3 is 10.2 Å². The summed E-state index contributed by atoms with van der Waals surface area (Å²) in [4.78, 5) is 18.2. The molecule has 78 valence electrons. The van der Waals surface area contributed by atoms with Crippen molar-refractivity contribution in [3.8, 4) is 0 Å². The molecule has 4 nitrogen and oxygen atoms in total. The van der Waals surface area contributed by atoms with Crippen LogP contribution >= 0.6 is 11.3 Å². The molecule has 1 N–H and O–H groups in total. The Balaban J connectivity index is 2.59. The van der Waals surface area contributed by atoms with Gasteiger partial charge in [-0.3, -0.25) is 0 Å². The van der Waals surface area contributed by atoms with Gasteiger partial charge in [-0.25, -0.2) is 9.78 Å². The normalized spacial score (nSPS) is 12.3. The lowest BCUT2D eigenvalue weighted by Gasteiger charge is -2.15. The number of rotatable bonds is 2. The zero-order valence-electron chi connectivity index (χ0n) is 8.87. The van der Waals surface area contributed by atoms with Gasteiger partial charge in [0.1, 0.15) is 5.01 Å². The Labute approximate surface area is 88.0 Å². The summed E-state index contributed by atoms with van der Waals surface area (Å²) in [7, 11) is 3.43. The molecule has 1 unspecified atom stereocenters. The van der Waals surface area contributed by atoms with Crippen LogP contribution in [0.5, 0.6) is 0 Å². The van der Waals surface area contributed by atoms with E-state index in [-0.39, 0.29) is 12.1 Å². The lowest BCUT2D eigenvalue weighted by molar-refractivity contribution is 0.214. The highest BCUT2D eigenvalue weighted by molar-refractivity contribution is 7.11. The van der Waals surface area contributed by atoms with Gasteiger partial charge in [0, 0.05) is 25.2 Å². The third-order valence-electron chi connectivity index (χ3n) is 1.76. The number of aromatic nitrogens is 1. The average molecular weight is 213 g/mol. The average Bonchev–Trinajstić information content (AvgIpc) is 2.51. The zero-order chi connectivity index (χ0) is 10.7. The topological polar surface area (TPSA) is 45.2 Å². The second-order valence-electron chi connectivity index (χ2n) is 3.37. The molecule has 0 saturated carbocycles. The van der Waals surface area contributed by atoms with Gasteiger partial charge >= 0.3 is 6.03 Å². The summed E-state index contributed by atoms with van der Waals surface area (Å²) in [6.45, 7) is 3.93. The number of carbonyl (C=O) groups excluding carboxylic acids is 1. The smallest absolute Gasteiger partial charge is 0.317 e. The van der Waals surface area contributed by atoms with Gasteiger partial charge in [-0.15, -0.1) is 11.3 Å². The van der Waals surface area contributed by atoms with Crippen LogP contribution in [0.3, 0.4) is 0 Å². The second-order valence-corrected chi connectivity index (χ2v) is 4.64. The van der Waals surface area contributed by atoms with Crippen molar-refractivity contribution in [2.24, 2.45) is 0 Å². The van der Waals surface area contributed by atoms with Crippen molar-refractivity contribution in [2.75, 3.05) is 14.1 Å². The fourth-order valence-corrected chi connectivity index (χ4v) is 1.72. The second kappa shape index (κ2) is 4.41. The van der Waals surface area contributed by atoms with Crippen LogP contribution in [0.15, 0.2) is 6.20 Å². The van der Waals surface area contributed by atoms with Crippen LogP contribution in [0.4, 0.5) is 4.79 Å². The minimum atomic E-state index is -0.0923. The number of nitrogens with one attached hydrogen (secondary N) is 1. The largest absolute Gasteiger partial charge is 0.331 e. The maximum atomic E-state index is 11.3. The highest BCUT2D eigenvalue weighted by atomic mass is 32.1. The van der Waals surface area contributed by atoms with E-state index in [4.69, 9.17) is 0 Å². The molecule has 1 heterocycles. The molecule has 5 heteroatoms. The first-order valence-corrected chi connectivity index (χ1v) is 5.22. The zero-order valence-corrected chi connectivity index (χ0v) is 9.68. The number of carbonyl (C=O) groups is 1. The number of hydrogen-bond donors (Lipinski definition) is 1. The van der Waals surface area contributed by atoms with Crippen molar-refractivity contribution in [1.82, 2.24) is 15.2 Å². The molecule has 0 aliphatic heterocycles. The molecule has 1 rings (SSSR count). The highest BCUT2D eigenvalue weighted by Crippen LogP contribution is 2.18. The van der Waals surface area contributed by atoms with Gasteiger partial charge in [-0.2, -0.15) is 0 Å². The monoisotopic (exact) mass is 213 g/mol. The first-order chi connectivity index (χ1) is 6.50. The number of urea groups is 1. The molecule has 2 amide bonds. The Morgan fingerprint density at radius 1 is 1.64 bits per heavy atom. The predicted molar refractivity (Wildman–Crippen MR) is 57.5 cm³/mol. The Hall–Kier alpha value is -1.10. The van der Waals surface area contributed by atoms with Crippen molar-refractivity contribution in [1.29, 1.82) is 0 Å². The molecule has 0 saturated heterocycles. The summed E-state index contributed by atoms with van der Waals surface area (Å²) in [5.74, 6) is 0. The maximum Gasteiger partial charge on any atom is 0.317 e. The van der Waals surface area contributed by atoms with Gasteiger partial charge in [0.15, 0.2) is 0 Å². The molecule has 0 aromatic carbocycles. The van der Waals surface area contributed by atoms with E-state index >= 15 is 0 Å². The Kier molecular flexibility index (Phi) is 3.46. The summed E-state index contributed by atoms with van der Waals surface area (Å²) in [5.41, 5.74) is 0. The van der Waals surface area contributed by atoms with E-state index in [1.807, 2.05) is 20.0 Å². The first kappa shape index (κ1) is 11.0. The summed E-state index contributed by atoms with van der Waals surface area (Å²) >= 11 is 1.61. The van der Waals surface area contributed by atoms with Gasteiger partial charge in [-0.1, -0.05) is 0 Å². The van der Waals surface area contributed by atoms with Crippen molar-refractivity contribution in [3.05, 3.63) is 16.1 Å². The minimum Gasteiger partial charge on any atom is -0.331 e. The van der Waals surface area contributed by atoms with Crippen molar-refractivity contribution < 1.29 is 4.79 Å². The molecule has 1 aromatic heterocycles. The van der Waals surface area contributed by atoms with E-state index in [1.54, 1.807) is 25.4 Å². The summed E-state index contributed by atoms with van der Waals surface area (Å²) < 4.78 is 0. The Bertz CT molecular complexity index is 322. The van der Waals surface area contributed by atoms with Crippen molar-refractivity contribution in [3.63, 3.8) is 0 Å². The molecule has 0 radical (unpaired) electrons. The van der Waals surface area contributed by atoms with Crippen LogP contribution in [0.25, 0.3) is 0 Å². The molecular weight excluding hydrogens is 198 g/mol. The third kappa shape index (κ3) is 2.70. The summed E-state index contributed by atoms with van der Waals surface area (Å²) in [6, 6.07) is -0.117. The van der Waals surface area contributed by atoms with E-state index in [0.717, 1.165) is 9.88 Å². The summed E-state index contributed by atoms with van der Waals surface area (Å²) in [6.07, 6.45) is 1.82. The molecule has 0 aliphatic carbocycles. The van der Waals surface area contributed by atoms with Crippen LogP contribution in [0.1, 0.15) is 22.9 Å². The number of nitrogens with zero attached hydrogens (tertiary/aromatic N) is 2. The van der Waals surface area contributed by atoms with Crippen LogP contribution in [-0.2, 0) is 0 Å². The van der Waals surface area contributed by atoms with E-state index in [2.05, 4.69) is 10.3 Å². The van der Waals surface area contributed by atoms with Crippen molar-refractivity contribution in [2.45, 2.75) is 19.9 Å². The SMILES string of the molecule is Cc1cnc(C(C)NC(=O)N(C)C)s1. The van der Waals surface area contributed by atoms with Gasteiger partial charge in [0.25, 0.3) is 0 Å². The first-order valence-electron chi connectivity index (χ1n) is 4.41. The third-order valence-corrected chi connectivity index (χ3v) is 2.85. The number of aryl methyl sites for hydroxylation is 1. The molecule has 1 atom stereocenters. The van der Waals surface area contributed by atoms with Crippen LogP contribution < -0.4 is 5.32 Å². The number of thiazole rings is 1. The predicted octanol–water partition coefficient (Wildman–Crippen LogP) is 1.78. The Morgan fingerprint density at radius 3 is 2.71 bits per heavy atom. The number of amides is 2. The van der Waals surface area contributed by atoms with Gasteiger partial charge in [-0.05, 0) is 13.8 Å². The lowest BCUT2D eigenvalue weighted by Crippen LogP contribution is -2.36. The quantitative estimate of drug-likeness (QED) is 0.814. The van der Waals surface area contributed by atoms with Crippen molar-refractivity contribution >= 4 is 17.4 Å². The molecule has 0 fully saturated rings. The van der Waals surface area contributed by atoms with E-state index in [0.29, 0.717) is 0 Å². The van der Waals surface area contributed by atoms with Crippen LogP contribution in [0, 0.1) is 6.92 Å². The summed E-state index contributed by atoms with van der Waals surface area (Å²) in [5, 5.41) is 3.79. The lowest BCUT2D eigenvalue weighted by atomic mass is 10.3. The van der Waals surface area contributed by atoms with E-state index < -0.39 is 0 Å². The molecule has 1 aromatic rings. The Morgan fingerprint density at radius 2 is 2.29 bits per heavy atom. The minimum absolute atomic E-state index is 0.0244. The van der Waals surface area contributed by atoms with Gasteiger partial charge in [0.05, 0.1) is 6.04 Å². The maximum absolute atomic E-state index is 11.3. The molecule has 0 bridgehead atoms. The molecular formula is C9H15N3OS. The molecule has 14 heavy (non-hydrogen) atoms. The van der Waals surface area contributed by atoms with E-state index in [1.165, 1.54) is 4.90 Å². The fraction of sp³-hybridized carbons (Fsp3) is 0.556. The van der Waals surface area contributed by atoms with Crippen LogP contribution in [0.2, 0.25) is 0 Å². The number of hydrogen-bond acceptors (Lipinski definition) is 3. The molecule has 0 aliphatic rings. The van der Waals surface area contributed by atoms with E-state index in [9.17, 15) is 4.79 Å². The fourth-order valence-electron chi connectivity index (χ4n) is 0.948. The highest BCUT2D eigenvalue weighted by Gasteiger charge is 2.13. The van der Waals surface area contributed by atoms with Crippen LogP contribution in [-0.4, -0.2) is 30.0 Å².